The molecule has 1 aliphatic carbocycles. The fraction of sp³-hybridized carbons (Fsp3) is 0.938. The van der Waals surface area contributed by atoms with Crippen LogP contribution in [0.25, 0.3) is 0 Å². The molecule has 19 heavy (non-hydrogen) atoms. The number of hydrogen-bond donors (Lipinski definition) is 2. The monoisotopic (exact) mass is 269 g/mol. The molecule has 0 aromatic rings. The molecule has 0 saturated heterocycles. The summed E-state index contributed by atoms with van der Waals surface area (Å²) in [4.78, 5) is 12.0. The molecule has 3 nitrogen and oxygen atoms in total. The molecule has 1 saturated carbocycles. The molecule has 0 bridgehead atoms. The Hall–Kier alpha value is -0.570. The first-order valence-corrected chi connectivity index (χ1v) is 7.95. The molecule has 0 aromatic heterocycles. The number of rotatable bonds is 7. The Morgan fingerprint density at radius 2 is 1.84 bits per heavy atom. The van der Waals surface area contributed by atoms with Crippen molar-refractivity contribution in [2.45, 2.75) is 83.6 Å². The number of aliphatic hydroxyl groups is 1. The Morgan fingerprint density at radius 3 is 2.42 bits per heavy atom. The fourth-order valence-electron chi connectivity index (χ4n) is 3.01. The third-order valence-corrected chi connectivity index (χ3v) is 4.19. The molecular formula is C16H31NO2. The highest BCUT2D eigenvalue weighted by atomic mass is 16.3. The Kier molecular flexibility index (Phi) is 7.44. The normalized spacial score (nSPS) is 18.1. The maximum atomic E-state index is 12.0. The first kappa shape index (κ1) is 16.5. The quantitative estimate of drug-likeness (QED) is 0.696. The number of amides is 1. The topological polar surface area (TPSA) is 49.3 Å². The number of carbonyl (C=O) groups is 1. The van der Waals surface area contributed by atoms with E-state index < -0.39 is 0 Å². The van der Waals surface area contributed by atoms with E-state index in [-0.39, 0.29) is 18.1 Å². The second-order valence-corrected chi connectivity index (χ2v) is 6.66. The van der Waals surface area contributed by atoms with Gasteiger partial charge in [0.2, 0.25) is 5.91 Å². The first-order valence-electron chi connectivity index (χ1n) is 7.95. The van der Waals surface area contributed by atoms with Crippen LogP contribution in [0.4, 0.5) is 0 Å². The van der Waals surface area contributed by atoms with E-state index in [2.05, 4.69) is 5.32 Å². The van der Waals surface area contributed by atoms with E-state index in [0.717, 1.165) is 25.2 Å². The molecule has 112 valence electrons. The van der Waals surface area contributed by atoms with Crippen molar-refractivity contribution in [2.75, 3.05) is 6.61 Å². The van der Waals surface area contributed by atoms with Crippen LogP contribution >= 0.6 is 0 Å². The summed E-state index contributed by atoms with van der Waals surface area (Å²) in [5.41, 5.74) is -0.191. The van der Waals surface area contributed by atoms with Crippen LogP contribution in [0.2, 0.25) is 0 Å². The molecule has 0 atom stereocenters. The maximum Gasteiger partial charge on any atom is 0.220 e. The van der Waals surface area contributed by atoms with Crippen LogP contribution in [0.5, 0.6) is 0 Å². The van der Waals surface area contributed by atoms with Crippen molar-refractivity contribution >= 4 is 5.91 Å². The predicted molar refractivity (Wildman–Crippen MR) is 79.0 cm³/mol. The summed E-state index contributed by atoms with van der Waals surface area (Å²) < 4.78 is 0. The molecule has 1 rings (SSSR count). The summed E-state index contributed by atoms with van der Waals surface area (Å²) in [5.74, 6) is 0.931. The van der Waals surface area contributed by atoms with Gasteiger partial charge in [0.1, 0.15) is 0 Å². The summed E-state index contributed by atoms with van der Waals surface area (Å²) in [6.07, 6.45) is 11.3. The fourth-order valence-corrected chi connectivity index (χ4v) is 3.01. The number of carbonyl (C=O) groups excluding carboxylic acids is 1. The van der Waals surface area contributed by atoms with Gasteiger partial charge in [-0.1, -0.05) is 38.5 Å². The Morgan fingerprint density at radius 1 is 1.21 bits per heavy atom. The highest BCUT2D eigenvalue weighted by molar-refractivity contribution is 5.76. The third kappa shape index (κ3) is 7.56. The van der Waals surface area contributed by atoms with Crippen molar-refractivity contribution in [1.82, 2.24) is 5.32 Å². The highest BCUT2D eigenvalue weighted by Crippen LogP contribution is 2.26. The van der Waals surface area contributed by atoms with Crippen molar-refractivity contribution in [1.29, 1.82) is 0 Å². The standard InChI is InChI=1S/C16H31NO2/c1-16(2,12-7-13-18)17-15(19)11-10-14-8-5-3-4-6-9-14/h14,18H,3-13H2,1-2H3,(H,17,19). The lowest BCUT2D eigenvalue weighted by Crippen LogP contribution is -2.43. The Balaban J connectivity index is 2.22. The molecule has 1 fully saturated rings. The molecule has 0 radical (unpaired) electrons. The summed E-state index contributed by atoms with van der Waals surface area (Å²) in [6.45, 7) is 4.26. The van der Waals surface area contributed by atoms with Crippen LogP contribution in [0, 0.1) is 5.92 Å². The zero-order valence-corrected chi connectivity index (χ0v) is 12.7. The lowest BCUT2D eigenvalue weighted by Gasteiger charge is -2.26. The van der Waals surface area contributed by atoms with Crippen LogP contribution in [0.15, 0.2) is 0 Å². The molecule has 1 amide bonds. The average molecular weight is 269 g/mol. The molecule has 0 spiro atoms. The van der Waals surface area contributed by atoms with E-state index in [0.29, 0.717) is 6.42 Å². The van der Waals surface area contributed by atoms with Crippen molar-refractivity contribution in [3.8, 4) is 0 Å². The molecular weight excluding hydrogens is 238 g/mol. The first-order chi connectivity index (χ1) is 9.03. The van der Waals surface area contributed by atoms with Crippen molar-refractivity contribution < 1.29 is 9.90 Å². The van der Waals surface area contributed by atoms with Gasteiger partial charge in [-0.3, -0.25) is 4.79 Å². The zero-order valence-electron chi connectivity index (χ0n) is 12.7. The van der Waals surface area contributed by atoms with E-state index in [1.807, 2.05) is 13.8 Å². The van der Waals surface area contributed by atoms with E-state index in [1.54, 1.807) is 0 Å². The second kappa shape index (κ2) is 8.57. The van der Waals surface area contributed by atoms with Crippen LogP contribution in [0.3, 0.4) is 0 Å². The van der Waals surface area contributed by atoms with Crippen LogP contribution in [-0.2, 0) is 4.79 Å². The van der Waals surface area contributed by atoms with E-state index >= 15 is 0 Å². The van der Waals surface area contributed by atoms with Gasteiger partial charge in [-0.25, -0.2) is 0 Å². The smallest absolute Gasteiger partial charge is 0.220 e. The highest BCUT2D eigenvalue weighted by Gasteiger charge is 2.20. The Labute approximate surface area is 118 Å². The Bertz CT molecular complexity index is 255. The summed E-state index contributed by atoms with van der Waals surface area (Å²) >= 11 is 0. The lowest BCUT2D eigenvalue weighted by atomic mass is 9.94. The van der Waals surface area contributed by atoms with E-state index in [1.165, 1.54) is 38.5 Å². The van der Waals surface area contributed by atoms with E-state index in [9.17, 15) is 4.79 Å². The second-order valence-electron chi connectivity index (χ2n) is 6.66. The van der Waals surface area contributed by atoms with E-state index in [4.69, 9.17) is 5.11 Å². The third-order valence-electron chi connectivity index (χ3n) is 4.19. The van der Waals surface area contributed by atoms with Crippen molar-refractivity contribution in [3.05, 3.63) is 0 Å². The number of aliphatic hydroxyl groups excluding tert-OH is 1. The van der Waals surface area contributed by atoms with Gasteiger partial charge in [0.05, 0.1) is 0 Å². The largest absolute Gasteiger partial charge is 0.396 e. The SMILES string of the molecule is CC(C)(CCCO)NC(=O)CCC1CCCCCC1. The summed E-state index contributed by atoms with van der Waals surface area (Å²) in [5, 5.41) is 11.9. The van der Waals surface area contributed by atoms with Gasteiger partial charge in [-0.05, 0) is 39.0 Å². The van der Waals surface area contributed by atoms with Crippen LogP contribution in [0.1, 0.15) is 78.1 Å². The minimum atomic E-state index is -0.191. The maximum absolute atomic E-state index is 12.0. The van der Waals surface area contributed by atoms with Crippen LogP contribution < -0.4 is 5.32 Å². The molecule has 1 aliphatic rings. The van der Waals surface area contributed by atoms with Gasteiger partial charge in [0.25, 0.3) is 0 Å². The van der Waals surface area contributed by atoms with Crippen molar-refractivity contribution in [2.24, 2.45) is 5.92 Å². The van der Waals surface area contributed by atoms with Crippen LogP contribution in [-0.4, -0.2) is 23.2 Å². The molecule has 2 N–H and O–H groups in total. The molecule has 0 heterocycles. The summed E-state index contributed by atoms with van der Waals surface area (Å²) in [7, 11) is 0. The van der Waals surface area contributed by atoms with Gasteiger partial charge >= 0.3 is 0 Å². The molecule has 0 unspecified atom stereocenters. The lowest BCUT2D eigenvalue weighted by molar-refractivity contribution is -0.123. The molecule has 0 aliphatic heterocycles. The summed E-state index contributed by atoms with van der Waals surface area (Å²) in [6, 6.07) is 0. The van der Waals surface area contributed by atoms with Gasteiger partial charge < -0.3 is 10.4 Å². The molecule has 3 heteroatoms. The zero-order chi connectivity index (χ0) is 14.1. The minimum Gasteiger partial charge on any atom is -0.396 e. The number of hydrogen-bond acceptors (Lipinski definition) is 2. The van der Waals surface area contributed by atoms with Gasteiger partial charge in [-0.2, -0.15) is 0 Å². The van der Waals surface area contributed by atoms with Gasteiger partial charge in [-0.15, -0.1) is 0 Å². The predicted octanol–water partition coefficient (Wildman–Crippen LogP) is 3.40. The average Bonchev–Trinajstić information content (AvgIpc) is 2.62. The van der Waals surface area contributed by atoms with Gasteiger partial charge in [0.15, 0.2) is 0 Å². The molecule has 0 aromatic carbocycles. The minimum absolute atomic E-state index is 0.173. The number of nitrogens with one attached hydrogen (secondary N) is 1. The van der Waals surface area contributed by atoms with Gasteiger partial charge in [0, 0.05) is 18.6 Å². The van der Waals surface area contributed by atoms with Crippen molar-refractivity contribution in [3.63, 3.8) is 0 Å².